The summed E-state index contributed by atoms with van der Waals surface area (Å²) < 4.78 is 52.0. The second-order valence-electron chi connectivity index (χ2n) is 13.5. The van der Waals surface area contributed by atoms with Gasteiger partial charge in [0.25, 0.3) is 0 Å². The second-order valence-corrected chi connectivity index (χ2v) is 13.5. The summed E-state index contributed by atoms with van der Waals surface area (Å²) in [5, 5.41) is 0.975. The fourth-order valence-corrected chi connectivity index (χ4v) is 7.05. The summed E-state index contributed by atoms with van der Waals surface area (Å²) in [5.41, 5.74) is 12.8. The number of hydrogen-bond acceptors (Lipinski definition) is 4. The van der Waals surface area contributed by atoms with Gasteiger partial charge in [-0.3, -0.25) is 9.97 Å². The average Bonchev–Trinajstić information content (AvgIpc) is 3.91. The number of fused-ring (bicyclic) bond motifs is 2. The van der Waals surface area contributed by atoms with Gasteiger partial charge in [0.15, 0.2) is 0 Å². The maximum atomic E-state index is 7.28. The van der Waals surface area contributed by atoms with Crippen LogP contribution >= 0.6 is 0 Å². The monoisotopic (exact) mass is 933 g/mol. The van der Waals surface area contributed by atoms with Gasteiger partial charge >= 0.3 is 0 Å². The van der Waals surface area contributed by atoms with E-state index in [1.165, 1.54) is 24.4 Å². The number of rotatable bonds is 7. The van der Waals surface area contributed by atoms with Crippen LogP contribution in [0, 0.1) is 26.0 Å². The Bertz CT molecular complexity index is 3040. The number of furan rings is 1. The summed E-state index contributed by atoms with van der Waals surface area (Å²) in [6, 6.07) is 58.7. The molecule has 0 aliphatic carbocycles. The molecule has 0 atom stereocenters. The molecular formula is C52H38IrN4O-2. The summed E-state index contributed by atoms with van der Waals surface area (Å²) in [5.74, 6) is 0.787. The summed E-state index contributed by atoms with van der Waals surface area (Å²) >= 11 is 0. The van der Waals surface area contributed by atoms with E-state index in [1.54, 1.807) is 12.1 Å². The summed E-state index contributed by atoms with van der Waals surface area (Å²) in [6.07, 6.45) is 7.10. The van der Waals surface area contributed by atoms with Gasteiger partial charge in [0.1, 0.15) is 0 Å². The van der Waals surface area contributed by atoms with E-state index < -0.39 is 13.7 Å². The molecule has 10 rings (SSSR count). The van der Waals surface area contributed by atoms with Crippen LogP contribution in [-0.2, 0) is 26.5 Å². The molecule has 0 aliphatic rings. The zero-order valence-electron chi connectivity index (χ0n) is 37.1. The van der Waals surface area contributed by atoms with Crippen molar-refractivity contribution < 1.29 is 32.7 Å². The predicted octanol–water partition coefficient (Wildman–Crippen LogP) is 12.7. The molecule has 0 bridgehead atoms. The molecule has 4 aromatic heterocycles. The van der Waals surface area contributed by atoms with Gasteiger partial charge in [-0.25, -0.2) is 0 Å². The van der Waals surface area contributed by atoms with E-state index in [0.717, 1.165) is 79.0 Å². The first-order valence-electron chi connectivity index (χ1n) is 21.6. The van der Waals surface area contributed by atoms with Crippen LogP contribution in [0.2, 0.25) is 0 Å². The van der Waals surface area contributed by atoms with Gasteiger partial charge in [-0.1, -0.05) is 151 Å². The van der Waals surface area contributed by atoms with Gasteiger partial charge < -0.3 is 14.0 Å². The molecule has 0 amide bonds. The zero-order valence-corrected chi connectivity index (χ0v) is 33.5. The molecule has 0 N–H and O–H groups in total. The Kier molecular flexibility index (Phi) is 9.30. The molecule has 1 radical (unpaired) electrons. The first kappa shape index (κ1) is 31.4. The molecule has 5 nitrogen and oxygen atoms in total. The molecule has 0 spiro atoms. The quantitative estimate of drug-likeness (QED) is 0.149. The molecule has 10 aromatic rings. The Morgan fingerprint density at radius 1 is 0.672 bits per heavy atom. The Balaban J connectivity index is 0.000000225. The minimum absolute atomic E-state index is 0. The van der Waals surface area contributed by atoms with Crippen LogP contribution in [0.5, 0.6) is 0 Å². The maximum Gasteiger partial charge on any atom is 0.0774 e. The van der Waals surface area contributed by atoms with Crippen LogP contribution in [0.1, 0.15) is 30.6 Å². The van der Waals surface area contributed by atoms with Crippen LogP contribution in [0.4, 0.5) is 0 Å². The van der Waals surface area contributed by atoms with Gasteiger partial charge in [0.2, 0.25) is 0 Å². The number of pyridine rings is 2. The fourth-order valence-electron chi connectivity index (χ4n) is 7.05. The molecule has 0 saturated heterocycles. The number of para-hydroxylation sites is 3. The van der Waals surface area contributed by atoms with Gasteiger partial charge in [-0.2, -0.15) is 0 Å². The maximum absolute atomic E-state index is 7.28. The molecule has 0 fully saturated rings. The Labute approximate surface area is 360 Å². The summed E-state index contributed by atoms with van der Waals surface area (Å²) in [6.45, 7) is -4.34. The first-order valence-corrected chi connectivity index (χ1v) is 18.6. The number of hydrogen-bond donors (Lipinski definition) is 0. The zero-order chi connectivity index (χ0) is 43.6. The Morgan fingerprint density at radius 2 is 1.40 bits per heavy atom. The third kappa shape index (κ3) is 7.94. The van der Waals surface area contributed by atoms with E-state index in [2.05, 4.69) is 142 Å². The first-order chi connectivity index (χ1) is 30.5. The van der Waals surface area contributed by atoms with Crippen molar-refractivity contribution >= 4 is 22.0 Å². The minimum atomic E-state index is -2.18. The number of imidazole rings is 1. The van der Waals surface area contributed by atoms with Crippen LogP contribution in [0.15, 0.2) is 187 Å². The molecule has 4 heterocycles. The van der Waals surface area contributed by atoms with E-state index >= 15 is 0 Å². The largest absolute Gasteiger partial charge is 0.557 e. The summed E-state index contributed by atoms with van der Waals surface area (Å²) in [7, 11) is 0. The number of nitrogens with zero attached hydrogens (tertiary/aromatic N) is 4. The minimum Gasteiger partial charge on any atom is -0.557 e. The van der Waals surface area contributed by atoms with Gasteiger partial charge in [-0.05, 0) is 53.5 Å². The normalized spacial score (nSPS) is 12.8. The van der Waals surface area contributed by atoms with Crippen molar-refractivity contribution in [2.75, 3.05) is 0 Å². The number of aromatic nitrogens is 4. The molecule has 6 heteroatoms. The second kappa shape index (κ2) is 17.2. The van der Waals surface area contributed by atoms with Crippen LogP contribution in [0.3, 0.4) is 0 Å². The van der Waals surface area contributed by atoms with E-state index in [0.29, 0.717) is 11.3 Å². The third-order valence-corrected chi connectivity index (χ3v) is 9.75. The molecular weight excluding hydrogens is 889 g/mol. The molecule has 283 valence electrons. The Hall–Kier alpha value is -6.72. The fraction of sp³-hybridized carbons (Fsp3) is 0.0577. The van der Waals surface area contributed by atoms with E-state index in [4.69, 9.17) is 17.6 Å². The van der Waals surface area contributed by atoms with Gasteiger partial charge in [-0.15, -0.1) is 35.4 Å². The molecule has 6 aromatic carbocycles. The number of aryl methyl sites for hydroxylation is 2. The predicted molar refractivity (Wildman–Crippen MR) is 231 cm³/mol. The number of benzene rings is 6. The van der Waals surface area contributed by atoms with Crippen molar-refractivity contribution in [1.82, 2.24) is 19.5 Å². The average molecular weight is 933 g/mol. The van der Waals surface area contributed by atoms with E-state index in [9.17, 15) is 0 Å². The molecule has 0 aliphatic heterocycles. The van der Waals surface area contributed by atoms with E-state index in [1.807, 2.05) is 30.5 Å². The molecule has 0 unspecified atom stereocenters. The Morgan fingerprint density at radius 3 is 2.07 bits per heavy atom. The van der Waals surface area contributed by atoms with Crippen molar-refractivity contribution in [2.45, 2.75) is 20.1 Å². The molecule has 58 heavy (non-hydrogen) atoms. The van der Waals surface area contributed by atoms with Crippen molar-refractivity contribution in [3.63, 3.8) is 0 Å². The SMILES string of the molecule is [2H]C([2H])([2H])c1c[c-]c(-c2ccc(C([2H])([2H])[2H])cn2)cc1.[Ir].[c-]1oc2ccc(Cc3ccccn3)cc2c1-c1nc2ccccc2n1-c1c(-c2ccccc2)cccc1-c1ccccc1. The van der Waals surface area contributed by atoms with E-state index in [-0.39, 0.29) is 31.2 Å². The third-order valence-electron chi connectivity index (χ3n) is 9.75. The smallest absolute Gasteiger partial charge is 0.0774 e. The van der Waals surface area contributed by atoms with Crippen molar-refractivity contribution in [1.29, 1.82) is 0 Å². The van der Waals surface area contributed by atoms with Gasteiger partial charge in [0, 0.05) is 75.8 Å². The van der Waals surface area contributed by atoms with Crippen LogP contribution in [0.25, 0.3) is 72.6 Å². The summed E-state index contributed by atoms with van der Waals surface area (Å²) in [4.78, 5) is 13.8. The standard InChI is InChI=1S/C39H26N3O.C13H12N.Ir/c1-3-12-28(13-4-1)31-17-11-18-32(29-14-5-2-6-15-29)38(31)42-36-20-8-7-19-35(36)41-39(42)34-26-43-37-22-21-27(25-33(34)37)24-30-16-9-10-23-40-30;1-10-3-6-12(7-4-10)13-8-5-11(2)9-14-13;/h1-23,25H,24H2;3-6,8-9H,1-2H3;/q2*-1;/i;1D3,2D3;. The van der Waals surface area contributed by atoms with Crippen LogP contribution < -0.4 is 0 Å². The van der Waals surface area contributed by atoms with Crippen molar-refractivity contribution in [3.8, 4) is 50.6 Å². The van der Waals surface area contributed by atoms with Gasteiger partial charge in [0.05, 0.1) is 22.5 Å². The van der Waals surface area contributed by atoms with Crippen molar-refractivity contribution in [2.24, 2.45) is 0 Å². The topological polar surface area (TPSA) is 56.7 Å². The van der Waals surface area contributed by atoms with Crippen molar-refractivity contribution in [3.05, 3.63) is 217 Å². The van der Waals surface area contributed by atoms with Crippen LogP contribution in [-0.4, -0.2) is 19.5 Å². The molecule has 0 saturated carbocycles.